The van der Waals surface area contributed by atoms with E-state index in [0.29, 0.717) is 17.9 Å². The topological polar surface area (TPSA) is 91.0 Å². The largest absolute Gasteiger partial charge is 0.326 e. The number of H-pyrrole nitrogens is 1. The van der Waals surface area contributed by atoms with Crippen molar-refractivity contribution in [2.24, 2.45) is 5.92 Å². The summed E-state index contributed by atoms with van der Waals surface area (Å²) >= 11 is 1.68. The van der Waals surface area contributed by atoms with Crippen LogP contribution in [0.15, 0.2) is 40.5 Å². The molecule has 0 radical (unpaired) electrons. The molecule has 1 aromatic carbocycles. The lowest BCUT2D eigenvalue weighted by molar-refractivity contribution is -0.121. The van der Waals surface area contributed by atoms with Crippen molar-refractivity contribution in [1.82, 2.24) is 19.9 Å². The number of hydrogen-bond donors (Lipinski definition) is 2. The minimum absolute atomic E-state index is 0.00146. The maximum atomic E-state index is 12.8. The summed E-state index contributed by atoms with van der Waals surface area (Å²) < 4.78 is 0. The average molecular weight is 438 g/mol. The third kappa shape index (κ3) is 5.45. The molecule has 3 heterocycles. The number of nitrogens with one attached hydrogen (secondary N) is 2. The van der Waals surface area contributed by atoms with E-state index in [9.17, 15) is 9.59 Å². The number of aromatic nitrogens is 3. The lowest BCUT2D eigenvalue weighted by Gasteiger charge is -2.30. The average Bonchev–Trinajstić information content (AvgIpc) is 3.18. The Morgan fingerprint density at radius 3 is 2.74 bits per heavy atom. The third-order valence-corrected chi connectivity index (χ3v) is 6.39. The summed E-state index contributed by atoms with van der Waals surface area (Å²) in [6.07, 6.45) is 2.36. The number of aryl methyl sites for hydroxylation is 2. The highest BCUT2D eigenvalue weighted by Crippen LogP contribution is 2.23. The van der Waals surface area contributed by atoms with E-state index in [-0.39, 0.29) is 17.4 Å². The number of hydrogen-bond acceptors (Lipinski definition) is 6. The summed E-state index contributed by atoms with van der Waals surface area (Å²) in [4.78, 5) is 38.9. The van der Waals surface area contributed by atoms with E-state index in [2.05, 4.69) is 30.5 Å². The number of benzene rings is 1. The minimum Gasteiger partial charge on any atom is -0.326 e. The van der Waals surface area contributed by atoms with Crippen molar-refractivity contribution < 1.29 is 4.79 Å². The SMILES string of the molecule is CCc1cc(=O)[nH]c(-c2cccc(NC(=O)C3CCN(Cc4csc(C)n4)CC3)c2)n1. The Hall–Kier alpha value is -2.84. The standard InChI is InChI=1S/C23H27N5O2S/c1-3-18-12-21(29)27-22(25-18)17-5-4-6-19(11-17)26-23(30)16-7-9-28(10-8-16)13-20-14-31-15(2)24-20/h4-6,11-12,14,16H,3,7-10,13H2,1-2H3,(H,26,30)(H,25,27,29). The zero-order valence-electron chi connectivity index (χ0n) is 17.9. The maximum Gasteiger partial charge on any atom is 0.251 e. The molecule has 3 aromatic rings. The van der Waals surface area contributed by atoms with Gasteiger partial charge in [-0.2, -0.15) is 0 Å². The summed E-state index contributed by atoms with van der Waals surface area (Å²) in [7, 11) is 0. The van der Waals surface area contributed by atoms with Crippen LogP contribution in [0.2, 0.25) is 0 Å². The van der Waals surface area contributed by atoms with Gasteiger partial charge in [0.2, 0.25) is 5.91 Å². The van der Waals surface area contributed by atoms with Crippen LogP contribution in [-0.4, -0.2) is 38.8 Å². The molecule has 1 saturated heterocycles. The highest BCUT2D eigenvalue weighted by atomic mass is 32.1. The monoisotopic (exact) mass is 437 g/mol. The van der Waals surface area contributed by atoms with E-state index >= 15 is 0 Å². The molecule has 0 spiro atoms. The van der Waals surface area contributed by atoms with Gasteiger partial charge in [0.05, 0.1) is 10.7 Å². The van der Waals surface area contributed by atoms with Crippen molar-refractivity contribution in [2.75, 3.05) is 18.4 Å². The molecule has 1 amide bonds. The molecule has 1 aliphatic rings. The van der Waals surface area contributed by atoms with Gasteiger partial charge in [0, 0.05) is 40.9 Å². The van der Waals surface area contributed by atoms with E-state index in [0.717, 1.165) is 54.4 Å². The molecule has 162 valence electrons. The second-order valence-corrected chi connectivity index (χ2v) is 8.98. The van der Waals surface area contributed by atoms with E-state index in [1.165, 1.54) is 6.07 Å². The van der Waals surface area contributed by atoms with Crippen LogP contribution in [0, 0.1) is 12.8 Å². The van der Waals surface area contributed by atoms with Crippen LogP contribution in [0.25, 0.3) is 11.4 Å². The van der Waals surface area contributed by atoms with E-state index in [1.807, 2.05) is 38.1 Å². The van der Waals surface area contributed by atoms with Crippen molar-refractivity contribution in [3.05, 3.63) is 62.5 Å². The highest BCUT2D eigenvalue weighted by Gasteiger charge is 2.25. The number of piperidine rings is 1. The van der Waals surface area contributed by atoms with Crippen LogP contribution in [0.3, 0.4) is 0 Å². The van der Waals surface area contributed by atoms with Crippen molar-refractivity contribution in [2.45, 2.75) is 39.7 Å². The minimum atomic E-state index is -0.170. The molecule has 0 unspecified atom stereocenters. The van der Waals surface area contributed by atoms with Crippen molar-refractivity contribution in [1.29, 1.82) is 0 Å². The second-order valence-electron chi connectivity index (χ2n) is 7.92. The van der Waals surface area contributed by atoms with Crippen LogP contribution in [0.1, 0.15) is 36.2 Å². The van der Waals surface area contributed by atoms with Crippen molar-refractivity contribution in [3.8, 4) is 11.4 Å². The van der Waals surface area contributed by atoms with Gasteiger partial charge in [0.15, 0.2) is 0 Å². The van der Waals surface area contributed by atoms with Crippen LogP contribution < -0.4 is 10.9 Å². The van der Waals surface area contributed by atoms with Gasteiger partial charge in [0.25, 0.3) is 5.56 Å². The van der Waals surface area contributed by atoms with Gasteiger partial charge >= 0.3 is 0 Å². The fraction of sp³-hybridized carbons (Fsp3) is 0.391. The fourth-order valence-corrected chi connectivity index (χ4v) is 4.48. The summed E-state index contributed by atoms with van der Waals surface area (Å²) in [5, 5.41) is 6.25. The van der Waals surface area contributed by atoms with Crippen LogP contribution >= 0.6 is 11.3 Å². The molecular formula is C23H27N5O2S. The lowest BCUT2D eigenvalue weighted by Crippen LogP contribution is -2.37. The van der Waals surface area contributed by atoms with Gasteiger partial charge in [0.1, 0.15) is 5.82 Å². The summed E-state index contributed by atoms with van der Waals surface area (Å²) in [6.45, 7) is 6.62. The van der Waals surface area contributed by atoms with Gasteiger partial charge in [-0.15, -0.1) is 11.3 Å². The smallest absolute Gasteiger partial charge is 0.251 e. The number of amides is 1. The summed E-state index contributed by atoms with van der Waals surface area (Å²) in [5.41, 5.74) is 3.18. The molecule has 0 bridgehead atoms. The molecule has 1 fully saturated rings. The molecule has 1 aliphatic heterocycles. The predicted octanol–water partition coefficient (Wildman–Crippen LogP) is 3.61. The number of carbonyl (C=O) groups is 1. The Morgan fingerprint density at radius 1 is 1.23 bits per heavy atom. The number of rotatable bonds is 6. The molecule has 8 heteroatoms. The molecule has 0 aliphatic carbocycles. The molecule has 7 nitrogen and oxygen atoms in total. The van der Waals surface area contributed by atoms with Crippen LogP contribution in [-0.2, 0) is 17.8 Å². The van der Waals surface area contributed by atoms with Gasteiger partial charge in [-0.05, 0) is 51.4 Å². The molecule has 31 heavy (non-hydrogen) atoms. The van der Waals surface area contributed by atoms with E-state index in [1.54, 1.807) is 11.3 Å². The van der Waals surface area contributed by atoms with Gasteiger partial charge in [-0.1, -0.05) is 19.1 Å². The number of nitrogens with zero attached hydrogens (tertiary/aromatic N) is 3. The van der Waals surface area contributed by atoms with E-state index in [4.69, 9.17) is 0 Å². The molecule has 4 rings (SSSR count). The Balaban J connectivity index is 1.36. The number of thiazole rings is 1. The Bertz CT molecular complexity index is 1110. The molecule has 0 saturated carbocycles. The molecule has 0 atom stereocenters. The van der Waals surface area contributed by atoms with E-state index < -0.39 is 0 Å². The number of aromatic amines is 1. The Morgan fingerprint density at radius 2 is 2.03 bits per heavy atom. The zero-order valence-corrected chi connectivity index (χ0v) is 18.7. The molecular weight excluding hydrogens is 410 g/mol. The zero-order chi connectivity index (χ0) is 21.8. The molecule has 2 aromatic heterocycles. The fourth-order valence-electron chi connectivity index (χ4n) is 3.88. The Kier molecular flexibility index (Phi) is 6.58. The first-order valence-electron chi connectivity index (χ1n) is 10.6. The van der Waals surface area contributed by atoms with Crippen molar-refractivity contribution in [3.63, 3.8) is 0 Å². The lowest BCUT2D eigenvalue weighted by atomic mass is 9.95. The van der Waals surface area contributed by atoms with Crippen molar-refractivity contribution >= 4 is 22.9 Å². The van der Waals surface area contributed by atoms with Crippen LogP contribution in [0.4, 0.5) is 5.69 Å². The maximum absolute atomic E-state index is 12.8. The first-order valence-corrected chi connectivity index (χ1v) is 11.5. The second kappa shape index (κ2) is 9.53. The van der Waals surface area contributed by atoms with Crippen LogP contribution in [0.5, 0.6) is 0 Å². The Labute approximate surface area is 185 Å². The van der Waals surface area contributed by atoms with Gasteiger partial charge in [-0.3, -0.25) is 14.5 Å². The molecule has 2 N–H and O–H groups in total. The number of anilines is 1. The number of carbonyl (C=O) groups excluding carboxylic acids is 1. The summed E-state index contributed by atoms with van der Waals surface area (Å²) in [5.74, 6) is 0.564. The first-order chi connectivity index (χ1) is 15.0. The quantitative estimate of drug-likeness (QED) is 0.615. The summed E-state index contributed by atoms with van der Waals surface area (Å²) in [6, 6.07) is 8.98. The van der Waals surface area contributed by atoms with Gasteiger partial charge in [-0.25, -0.2) is 9.97 Å². The normalized spacial score (nSPS) is 15.2. The first kappa shape index (κ1) is 21.4. The highest BCUT2D eigenvalue weighted by molar-refractivity contribution is 7.09. The third-order valence-electron chi connectivity index (χ3n) is 5.57. The number of likely N-dealkylation sites (tertiary alicyclic amines) is 1. The predicted molar refractivity (Wildman–Crippen MR) is 123 cm³/mol. The van der Waals surface area contributed by atoms with Gasteiger partial charge < -0.3 is 10.3 Å².